The maximum atomic E-state index is 12.0. The quantitative estimate of drug-likeness (QED) is 0.334. The molecule has 0 aromatic carbocycles. The molecule has 0 aromatic rings. The molecule has 19 heavy (non-hydrogen) atoms. The summed E-state index contributed by atoms with van der Waals surface area (Å²) in [4.78, 5) is 26.5. The summed E-state index contributed by atoms with van der Waals surface area (Å²) in [6, 6.07) is 0. The van der Waals surface area contributed by atoms with Crippen LogP contribution in [0.1, 0.15) is 20.8 Å². The highest BCUT2D eigenvalue weighted by Crippen LogP contribution is 2.46. The average Bonchev–Trinajstić information content (AvgIpc) is 2.26. The minimum Gasteiger partial charge on any atom is -0.459 e. The molecule has 0 saturated carbocycles. The molecule has 1 fully saturated rings. The van der Waals surface area contributed by atoms with Crippen molar-refractivity contribution in [3.8, 4) is 0 Å². The summed E-state index contributed by atoms with van der Waals surface area (Å²) in [5.41, 5.74) is 0.391. The van der Waals surface area contributed by atoms with Crippen molar-refractivity contribution >= 4 is 39.6 Å². The van der Waals surface area contributed by atoms with E-state index in [1.807, 2.05) is 0 Å². The van der Waals surface area contributed by atoms with Crippen LogP contribution in [0.25, 0.3) is 0 Å². The Morgan fingerprint density at radius 2 is 2.21 bits per heavy atom. The van der Waals surface area contributed by atoms with Crippen molar-refractivity contribution in [2.75, 3.05) is 5.33 Å². The second-order valence-corrected chi connectivity index (χ2v) is 7.25. The molecule has 4 nitrogen and oxygen atoms in total. The standard InChI is InChI=1S/C13H16BrNO3S/c1-7-8(5-14)6-15-10(16)9(11(15)19-7)12(17)18-13(2,3)4/h6,9,11H,1,5H2,2-4H3/t9?,11-/m1/s1. The van der Waals surface area contributed by atoms with Crippen molar-refractivity contribution in [1.29, 1.82) is 0 Å². The Morgan fingerprint density at radius 1 is 1.58 bits per heavy atom. The number of fused-ring (bicyclic) bond motifs is 1. The maximum Gasteiger partial charge on any atom is 0.322 e. The lowest BCUT2D eigenvalue weighted by Gasteiger charge is -2.46. The number of nitrogens with zero attached hydrogens (tertiary/aromatic N) is 1. The number of ether oxygens (including phenoxy) is 1. The van der Waals surface area contributed by atoms with E-state index in [9.17, 15) is 9.59 Å². The SMILES string of the molecule is C=C1S[C@@H]2C(C(=O)OC(C)(C)C)C(=O)N2C=C1CBr. The Kier molecular flexibility index (Phi) is 3.84. The monoisotopic (exact) mass is 345 g/mol. The van der Waals surface area contributed by atoms with Crippen LogP contribution in [0.2, 0.25) is 0 Å². The van der Waals surface area contributed by atoms with Crippen LogP contribution in [0.3, 0.4) is 0 Å². The Morgan fingerprint density at radius 3 is 2.74 bits per heavy atom. The van der Waals surface area contributed by atoms with Crippen molar-refractivity contribution in [3.05, 3.63) is 23.3 Å². The second-order valence-electron chi connectivity index (χ2n) is 5.48. The lowest BCUT2D eigenvalue weighted by molar-refractivity contribution is -0.172. The van der Waals surface area contributed by atoms with Gasteiger partial charge in [0.05, 0.1) is 0 Å². The van der Waals surface area contributed by atoms with Gasteiger partial charge in [-0.1, -0.05) is 34.3 Å². The van der Waals surface area contributed by atoms with Crippen molar-refractivity contribution in [2.24, 2.45) is 5.92 Å². The number of rotatable bonds is 2. The van der Waals surface area contributed by atoms with Crippen molar-refractivity contribution in [3.63, 3.8) is 0 Å². The molecule has 2 aliphatic rings. The van der Waals surface area contributed by atoms with E-state index in [1.165, 1.54) is 11.8 Å². The number of β-lactam (4-membered cyclic amide) rings is 1. The lowest BCUT2D eigenvalue weighted by Crippen LogP contribution is -2.61. The fourth-order valence-corrected chi connectivity index (χ4v) is 3.78. The van der Waals surface area contributed by atoms with Crippen molar-refractivity contribution in [1.82, 2.24) is 4.90 Å². The fraction of sp³-hybridized carbons (Fsp3) is 0.538. The first-order chi connectivity index (χ1) is 8.74. The molecular formula is C13H16BrNO3S. The summed E-state index contributed by atoms with van der Waals surface area (Å²) < 4.78 is 5.29. The topological polar surface area (TPSA) is 46.6 Å². The number of carbonyl (C=O) groups excluding carboxylic acids is 2. The van der Waals surface area contributed by atoms with Crippen LogP contribution < -0.4 is 0 Å². The number of amides is 1. The molecule has 6 heteroatoms. The van der Waals surface area contributed by atoms with E-state index in [4.69, 9.17) is 4.74 Å². The molecule has 1 saturated heterocycles. The average molecular weight is 346 g/mol. The molecule has 2 rings (SSSR count). The van der Waals surface area contributed by atoms with Crippen LogP contribution in [0, 0.1) is 5.92 Å². The number of carbonyl (C=O) groups is 2. The largest absolute Gasteiger partial charge is 0.459 e. The summed E-state index contributed by atoms with van der Waals surface area (Å²) in [7, 11) is 0. The van der Waals surface area contributed by atoms with E-state index in [-0.39, 0.29) is 11.3 Å². The number of esters is 1. The molecule has 0 aromatic heterocycles. The van der Waals surface area contributed by atoms with Crippen LogP contribution in [-0.4, -0.2) is 33.1 Å². The molecule has 2 aliphatic heterocycles. The highest BCUT2D eigenvalue weighted by molar-refractivity contribution is 9.09. The molecule has 1 unspecified atom stereocenters. The smallest absolute Gasteiger partial charge is 0.322 e. The van der Waals surface area contributed by atoms with Crippen LogP contribution in [0.15, 0.2) is 23.3 Å². The van der Waals surface area contributed by atoms with Gasteiger partial charge in [0, 0.05) is 16.4 Å². The number of thioether (sulfide) groups is 1. The number of alkyl halides is 1. The van der Waals surface area contributed by atoms with E-state index in [0.29, 0.717) is 5.33 Å². The predicted octanol–water partition coefficient (Wildman–Crippen LogP) is 2.65. The molecule has 2 heterocycles. The van der Waals surface area contributed by atoms with Gasteiger partial charge in [-0.15, -0.1) is 0 Å². The molecule has 104 valence electrons. The number of halogens is 1. The number of allylic oxidation sites excluding steroid dienone is 1. The van der Waals surface area contributed by atoms with Crippen molar-refractivity contribution in [2.45, 2.75) is 31.7 Å². The number of hydrogen-bond donors (Lipinski definition) is 0. The zero-order valence-electron chi connectivity index (χ0n) is 11.1. The summed E-state index contributed by atoms with van der Waals surface area (Å²) in [5, 5.41) is 0.435. The third kappa shape index (κ3) is 2.74. The molecule has 0 bridgehead atoms. The van der Waals surface area contributed by atoms with E-state index in [0.717, 1.165) is 10.5 Å². The minimum absolute atomic E-state index is 0.197. The van der Waals surface area contributed by atoms with Crippen molar-refractivity contribution < 1.29 is 14.3 Å². The zero-order chi connectivity index (χ0) is 14.4. The second kappa shape index (κ2) is 4.98. The highest BCUT2D eigenvalue weighted by atomic mass is 79.9. The van der Waals surface area contributed by atoms with E-state index >= 15 is 0 Å². The Bertz CT molecular complexity index is 481. The van der Waals surface area contributed by atoms with Gasteiger partial charge in [0.2, 0.25) is 5.91 Å². The summed E-state index contributed by atoms with van der Waals surface area (Å²) in [6.45, 7) is 9.33. The van der Waals surface area contributed by atoms with E-state index < -0.39 is 17.5 Å². The highest BCUT2D eigenvalue weighted by Gasteiger charge is 2.54. The van der Waals surface area contributed by atoms with E-state index in [1.54, 1.807) is 31.9 Å². The Labute approximate surface area is 125 Å². The molecular weight excluding hydrogens is 330 g/mol. The van der Waals surface area contributed by atoms with Gasteiger partial charge in [0.15, 0.2) is 5.92 Å². The van der Waals surface area contributed by atoms with Crippen LogP contribution >= 0.6 is 27.7 Å². The normalized spacial score (nSPS) is 26.5. The van der Waals surface area contributed by atoms with Gasteiger partial charge in [-0.05, 0) is 26.3 Å². The summed E-state index contributed by atoms with van der Waals surface area (Å²) in [5.74, 6) is -1.36. The van der Waals surface area contributed by atoms with Gasteiger partial charge in [0.1, 0.15) is 11.0 Å². The zero-order valence-corrected chi connectivity index (χ0v) is 13.5. The molecule has 0 N–H and O–H groups in total. The summed E-state index contributed by atoms with van der Waals surface area (Å²) >= 11 is 4.80. The van der Waals surface area contributed by atoms with Crippen LogP contribution in [0.5, 0.6) is 0 Å². The van der Waals surface area contributed by atoms with Gasteiger partial charge in [-0.3, -0.25) is 9.59 Å². The third-order valence-corrected chi connectivity index (χ3v) is 4.69. The molecule has 0 spiro atoms. The van der Waals surface area contributed by atoms with Gasteiger partial charge < -0.3 is 9.64 Å². The van der Waals surface area contributed by atoms with Gasteiger partial charge >= 0.3 is 5.97 Å². The third-order valence-electron chi connectivity index (χ3n) is 2.80. The molecule has 0 radical (unpaired) electrons. The Hall–Kier alpha value is -0.750. The van der Waals surface area contributed by atoms with Crippen LogP contribution in [-0.2, 0) is 14.3 Å². The van der Waals surface area contributed by atoms with Crippen LogP contribution in [0.4, 0.5) is 0 Å². The first-order valence-electron chi connectivity index (χ1n) is 5.92. The van der Waals surface area contributed by atoms with Gasteiger partial charge in [-0.25, -0.2) is 0 Å². The summed E-state index contributed by atoms with van der Waals surface area (Å²) in [6.07, 6.45) is 1.77. The molecule has 1 amide bonds. The van der Waals surface area contributed by atoms with Gasteiger partial charge in [0.25, 0.3) is 0 Å². The lowest BCUT2D eigenvalue weighted by atomic mass is 9.97. The Balaban J connectivity index is 2.13. The molecule has 2 atom stereocenters. The minimum atomic E-state index is -0.714. The maximum absolute atomic E-state index is 12.0. The first-order valence-corrected chi connectivity index (χ1v) is 7.92. The predicted molar refractivity (Wildman–Crippen MR) is 78.6 cm³/mol. The number of hydrogen-bond acceptors (Lipinski definition) is 4. The van der Waals surface area contributed by atoms with E-state index in [2.05, 4.69) is 22.5 Å². The fourth-order valence-electron chi connectivity index (χ4n) is 1.90. The molecule has 0 aliphatic carbocycles. The first kappa shape index (κ1) is 14.7. The van der Waals surface area contributed by atoms with Gasteiger partial charge in [-0.2, -0.15) is 0 Å².